The summed E-state index contributed by atoms with van der Waals surface area (Å²) in [7, 11) is 0. The molecule has 0 unspecified atom stereocenters. The van der Waals surface area contributed by atoms with Gasteiger partial charge in [0.05, 0.1) is 20.2 Å². The second-order valence-electron chi connectivity index (χ2n) is 2.62. The maximum atomic E-state index is 12.1. The zero-order valence-corrected chi connectivity index (χ0v) is 11.1. The standard InChI is InChI=1S/C8H2BrCl3F3N/c9-6-4(10)1-3(2-5(6)11)16-7(12)8(13,14)15/h1-2H. The van der Waals surface area contributed by atoms with Crippen LogP contribution in [-0.4, -0.2) is 11.3 Å². The smallest absolute Gasteiger partial charge is 0.232 e. The van der Waals surface area contributed by atoms with Crippen LogP contribution in [0.3, 0.4) is 0 Å². The maximum Gasteiger partial charge on any atom is 0.444 e. The summed E-state index contributed by atoms with van der Waals surface area (Å²) in [4.78, 5) is 3.16. The molecule has 1 nitrogen and oxygen atoms in total. The van der Waals surface area contributed by atoms with Crippen LogP contribution in [0.25, 0.3) is 0 Å². The highest BCUT2D eigenvalue weighted by Gasteiger charge is 2.34. The summed E-state index contributed by atoms with van der Waals surface area (Å²) in [5.74, 6) is 0. The molecule has 0 saturated carbocycles. The zero-order chi connectivity index (χ0) is 12.5. The number of nitrogens with zero attached hydrogens (tertiary/aromatic N) is 1. The van der Waals surface area contributed by atoms with E-state index < -0.39 is 11.3 Å². The molecule has 0 aromatic heterocycles. The Morgan fingerprint density at radius 2 is 1.62 bits per heavy atom. The number of alkyl halides is 3. The van der Waals surface area contributed by atoms with Gasteiger partial charge in [-0.05, 0) is 28.1 Å². The van der Waals surface area contributed by atoms with Crippen LogP contribution in [0.15, 0.2) is 21.6 Å². The molecular formula is C8H2BrCl3F3N. The van der Waals surface area contributed by atoms with E-state index in [1.54, 1.807) is 0 Å². The Kier molecular flexibility index (Phi) is 4.51. The first kappa shape index (κ1) is 14.1. The van der Waals surface area contributed by atoms with E-state index in [9.17, 15) is 13.2 Å². The number of hydrogen-bond donors (Lipinski definition) is 0. The highest BCUT2D eigenvalue weighted by Crippen LogP contribution is 2.35. The quantitative estimate of drug-likeness (QED) is 0.460. The molecule has 0 atom stereocenters. The molecule has 0 heterocycles. The van der Waals surface area contributed by atoms with Crippen molar-refractivity contribution in [3.05, 3.63) is 26.7 Å². The summed E-state index contributed by atoms with van der Waals surface area (Å²) in [6, 6.07) is 2.43. The van der Waals surface area contributed by atoms with E-state index in [1.807, 2.05) is 0 Å². The summed E-state index contributed by atoms with van der Waals surface area (Å²) >= 11 is 19.4. The molecule has 0 aliphatic carbocycles. The summed E-state index contributed by atoms with van der Waals surface area (Å²) in [5, 5.41) is -1.18. The van der Waals surface area contributed by atoms with Gasteiger partial charge in [0.25, 0.3) is 0 Å². The SMILES string of the molecule is FC(F)(F)C(Cl)=Nc1cc(Cl)c(Br)c(Cl)c1. The van der Waals surface area contributed by atoms with E-state index in [1.165, 1.54) is 12.1 Å². The molecule has 0 spiro atoms. The van der Waals surface area contributed by atoms with Gasteiger partial charge in [-0.1, -0.05) is 34.8 Å². The van der Waals surface area contributed by atoms with Gasteiger partial charge in [-0.25, -0.2) is 4.99 Å². The maximum absolute atomic E-state index is 12.1. The first-order valence-electron chi connectivity index (χ1n) is 3.67. The zero-order valence-electron chi connectivity index (χ0n) is 7.25. The minimum atomic E-state index is -4.69. The van der Waals surface area contributed by atoms with Gasteiger partial charge < -0.3 is 0 Å². The lowest BCUT2D eigenvalue weighted by molar-refractivity contribution is -0.0558. The van der Waals surface area contributed by atoms with Crippen LogP contribution in [0.1, 0.15) is 0 Å². The Morgan fingerprint density at radius 1 is 1.19 bits per heavy atom. The van der Waals surface area contributed by atoms with Gasteiger partial charge in [0.1, 0.15) is 0 Å². The van der Waals surface area contributed by atoms with Crippen LogP contribution in [0.2, 0.25) is 10.0 Å². The summed E-state index contributed by atoms with van der Waals surface area (Å²) in [6.45, 7) is 0. The molecule has 0 amide bonds. The van der Waals surface area contributed by atoms with Crippen LogP contribution >= 0.6 is 50.7 Å². The van der Waals surface area contributed by atoms with E-state index in [0.29, 0.717) is 4.47 Å². The molecule has 0 radical (unpaired) electrons. The van der Waals surface area contributed by atoms with E-state index >= 15 is 0 Å². The summed E-state index contributed by atoms with van der Waals surface area (Å²) in [5.41, 5.74) is -0.0690. The topological polar surface area (TPSA) is 12.4 Å². The molecule has 0 saturated heterocycles. The van der Waals surface area contributed by atoms with Gasteiger partial charge in [0, 0.05) is 0 Å². The Balaban J connectivity index is 3.17. The predicted molar refractivity (Wildman–Crippen MR) is 63.2 cm³/mol. The molecule has 1 rings (SSSR count). The van der Waals surface area contributed by atoms with Gasteiger partial charge in [0.2, 0.25) is 5.17 Å². The molecule has 88 valence electrons. The van der Waals surface area contributed by atoms with Crippen molar-refractivity contribution in [2.24, 2.45) is 4.99 Å². The number of halogens is 7. The Morgan fingerprint density at radius 3 is 2.00 bits per heavy atom. The average molecular weight is 355 g/mol. The number of aliphatic imine (C=N–C) groups is 1. The van der Waals surface area contributed by atoms with E-state index in [0.717, 1.165) is 0 Å². The third-order valence-corrected chi connectivity index (χ3v) is 3.64. The lowest BCUT2D eigenvalue weighted by Gasteiger charge is -2.05. The van der Waals surface area contributed by atoms with Crippen molar-refractivity contribution in [2.75, 3.05) is 0 Å². The Labute approximate surface area is 112 Å². The van der Waals surface area contributed by atoms with Gasteiger partial charge in [-0.2, -0.15) is 13.2 Å². The van der Waals surface area contributed by atoms with Crippen molar-refractivity contribution in [1.82, 2.24) is 0 Å². The molecule has 0 aliphatic heterocycles. The van der Waals surface area contributed by atoms with Gasteiger partial charge >= 0.3 is 6.18 Å². The fourth-order valence-corrected chi connectivity index (χ4v) is 1.59. The Hall–Kier alpha value is 0.0300. The highest BCUT2D eigenvalue weighted by atomic mass is 79.9. The number of rotatable bonds is 1. The molecule has 8 heteroatoms. The van der Waals surface area contributed by atoms with E-state index in [4.69, 9.17) is 34.8 Å². The van der Waals surface area contributed by atoms with Crippen molar-refractivity contribution in [3.8, 4) is 0 Å². The second kappa shape index (κ2) is 5.12. The van der Waals surface area contributed by atoms with Gasteiger partial charge in [-0.3, -0.25) is 0 Å². The molecule has 0 N–H and O–H groups in total. The van der Waals surface area contributed by atoms with Crippen LogP contribution in [0.5, 0.6) is 0 Å². The average Bonchev–Trinajstić information content (AvgIpc) is 2.12. The van der Waals surface area contributed by atoms with Crippen LogP contribution < -0.4 is 0 Å². The van der Waals surface area contributed by atoms with Crippen molar-refractivity contribution < 1.29 is 13.2 Å². The normalized spacial score (nSPS) is 13.1. The van der Waals surface area contributed by atoms with Crippen LogP contribution in [0, 0.1) is 0 Å². The van der Waals surface area contributed by atoms with Crippen molar-refractivity contribution in [2.45, 2.75) is 6.18 Å². The Bertz CT molecular complexity index is 422. The fourth-order valence-electron chi connectivity index (χ4n) is 0.783. The first-order chi connectivity index (χ1) is 7.21. The molecule has 0 fully saturated rings. The molecule has 1 aromatic rings. The number of hydrogen-bond acceptors (Lipinski definition) is 1. The third-order valence-electron chi connectivity index (χ3n) is 1.43. The molecule has 0 bridgehead atoms. The van der Waals surface area contributed by atoms with Crippen LogP contribution in [-0.2, 0) is 0 Å². The molecule has 0 aliphatic rings. The monoisotopic (exact) mass is 353 g/mol. The summed E-state index contributed by atoms with van der Waals surface area (Å²) in [6.07, 6.45) is -4.69. The fraction of sp³-hybridized carbons (Fsp3) is 0.125. The lowest BCUT2D eigenvalue weighted by atomic mass is 10.3. The summed E-state index contributed by atoms with van der Waals surface area (Å²) < 4.78 is 36.6. The third kappa shape index (κ3) is 3.52. The highest BCUT2D eigenvalue weighted by molar-refractivity contribution is 9.10. The van der Waals surface area contributed by atoms with Crippen molar-refractivity contribution in [1.29, 1.82) is 0 Å². The van der Waals surface area contributed by atoms with Gasteiger partial charge in [-0.15, -0.1) is 0 Å². The lowest BCUT2D eigenvalue weighted by Crippen LogP contribution is -2.16. The van der Waals surface area contributed by atoms with Crippen LogP contribution in [0.4, 0.5) is 18.9 Å². The molecule has 1 aromatic carbocycles. The number of benzene rings is 1. The second-order valence-corrected chi connectivity index (χ2v) is 4.59. The first-order valence-corrected chi connectivity index (χ1v) is 5.60. The van der Waals surface area contributed by atoms with Crippen molar-refractivity contribution in [3.63, 3.8) is 0 Å². The van der Waals surface area contributed by atoms with E-state index in [2.05, 4.69) is 20.9 Å². The van der Waals surface area contributed by atoms with Crippen molar-refractivity contribution >= 4 is 61.6 Å². The molecule has 16 heavy (non-hydrogen) atoms. The minimum Gasteiger partial charge on any atom is -0.232 e. The molecular weight excluding hydrogens is 353 g/mol. The largest absolute Gasteiger partial charge is 0.444 e. The minimum absolute atomic E-state index is 0.0690. The van der Waals surface area contributed by atoms with Gasteiger partial charge in [0.15, 0.2) is 0 Å². The van der Waals surface area contributed by atoms with E-state index in [-0.39, 0.29) is 15.7 Å². The predicted octanol–water partition coefficient (Wildman–Crippen LogP) is 5.59.